The maximum Gasteiger partial charge on any atom is 0.298 e. The Labute approximate surface area is 93.9 Å². The number of nitrogens with two attached hydrogens (primary N) is 2. The highest BCUT2D eigenvalue weighted by Crippen LogP contribution is 2.19. The van der Waals surface area contributed by atoms with E-state index in [4.69, 9.17) is 16.9 Å². The number of nitrogens with one attached hydrogen (secondary N) is 1. The SMILES string of the molecule is N=C(N)N([N+](=O)[O-])C1(N)N=CN=C2N=CN=C21. The molecule has 2 heterocycles. The predicted molar refractivity (Wildman–Crippen MR) is 59.5 cm³/mol. The summed E-state index contributed by atoms with van der Waals surface area (Å²) in [7, 11) is 0. The summed E-state index contributed by atoms with van der Waals surface area (Å²) >= 11 is 0. The van der Waals surface area contributed by atoms with Crippen LogP contribution in [0.4, 0.5) is 0 Å². The summed E-state index contributed by atoms with van der Waals surface area (Å²) in [5.41, 5.74) is 10.8. The third-order valence-electron chi connectivity index (χ3n) is 2.08. The first-order valence-corrected chi connectivity index (χ1v) is 4.27. The second kappa shape index (κ2) is 3.41. The summed E-state index contributed by atoms with van der Waals surface area (Å²) in [5, 5.41) is 17.3. The smallest absolute Gasteiger partial charge is 0.298 e. The Kier molecular flexibility index (Phi) is 2.17. The minimum Gasteiger partial charge on any atom is -0.365 e. The van der Waals surface area contributed by atoms with Gasteiger partial charge < -0.3 is 5.73 Å². The van der Waals surface area contributed by atoms with Gasteiger partial charge in [-0.1, -0.05) is 0 Å². The van der Waals surface area contributed by atoms with E-state index in [1.165, 1.54) is 0 Å². The summed E-state index contributed by atoms with van der Waals surface area (Å²) in [6.07, 6.45) is 2.15. The minimum absolute atomic E-state index is 0.0353. The first-order chi connectivity index (χ1) is 7.97. The van der Waals surface area contributed by atoms with Crippen molar-refractivity contribution in [3.05, 3.63) is 10.1 Å². The molecule has 0 saturated carbocycles. The van der Waals surface area contributed by atoms with Crippen LogP contribution in [0.1, 0.15) is 0 Å². The molecule has 0 saturated heterocycles. The fraction of sp³-hybridized carbons (Fsp3) is 0.167. The van der Waals surface area contributed by atoms with Gasteiger partial charge >= 0.3 is 0 Å². The second-order valence-corrected chi connectivity index (χ2v) is 3.08. The van der Waals surface area contributed by atoms with Crippen LogP contribution in [-0.4, -0.2) is 46.0 Å². The lowest BCUT2D eigenvalue weighted by Crippen LogP contribution is -2.67. The van der Waals surface area contributed by atoms with Crippen LogP contribution in [0.15, 0.2) is 20.0 Å². The van der Waals surface area contributed by atoms with Crippen LogP contribution in [-0.2, 0) is 0 Å². The van der Waals surface area contributed by atoms with Gasteiger partial charge in [0.05, 0.1) is 0 Å². The lowest BCUT2D eigenvalue weighted by molar-refractivity contribution is -0.643. The Hall–Kier alpha value is -2.69. The molecular formula is C6H7N9O2. The van der Waals surface area contributed by atoms with Crippen LogP contribution in [0.25, 0.3) is 0 Å². The van der Waals surface area contributed by atoms with Crippen LogP contribution in [0.3, 0.4) is 0 Å². The number of rotatable bonds is 2. The maximum absolute atomic E-state index is 10.9. The van der Waals surface area contributed by atoms with Gasteiger partial charge in [-0.2, -0.15) is 0 Å². The molecule has 0 aliphatic carbocycles. The van der Waals surface area contributed by atoms with Crippen molar-refractivity contribution in [3.63, 3.8) is 0 Å². The van der Waals surface area contributed by atoms with E-state index < -0.39 is 16.8 Å². The van der Waals surface area contributed by atoms with E-state index in [1.54, 1.807) is 0 Å². The molecule has 0 spiro atoms. The average molecular weight is 237 g/mol. The lowest BCUT2D eigenvalue weighted by Gasteiger charge is -2.29. The van der Waals surface area contributed by atoms with Crippen molar-refractivity contribution >= 4 is 30.2 Å². The largest absolute Gasteiger partial charge is 0.365 e. The van der Waals surface area contributed by atoms with E-state index in [9.17, 15) is 10.1 Å². The molecule has 1 atom stereocenters. The van der Waals surface area contributed by atoms with Gasteiger partial charge in [-0.25, -0.2) is 30.1 Å². The first kappa shape index (κ1) is 10.8. The molecule has 0 radical (unpaired) electrons. The molecule has 5 N–H and O–H groups in total. The van der Waals surface area contributed by atoms with Crippen molar-refractivity contribution in [2.45, 2.75) is 5.79 Å². The summed E-state index contributed by atoms with van der Waals surface area (Å²) < 4.78 is 0. The zero-order valence-corrected chi connectivity index (χ0v) is 8.31. The van der Waals surface area contributed by atoms with Crippen molar-refractivity contribution in [1.29, 1.82) is 5.41 Å². The van der Waals surface area contributed by atoms with Gasteiger partial charge in [0.1, 0.15) is 12.7 Å². The van der Waals surface area contributed by atoms with E-state index >= 15 is 0 Å². The zero-order chi connectivity index (χ0) is 12.6. The van der Waals surface area contributed by atoms with Gasteiger partial charge in [-0.05, 0) is 5.01 Å². The summed E-state index contributed by atoms with van der Waals surface area (Å²) in [5.74, 6) is -2.77. The van der Waals surface area contributed by atoms with E-state index in [1.807, 2.05) is 0 Å². The number of guanidine groups is 1. The molecule has 0 aromatic carbocycles. The number of nitro groups is 1. The molecule has 0 aromatic rings. The third kappa shape index (κ3) is 1.45. The van der Waals surface area contributed by atoms with Gasteiger partial charge in [0.2, 0.25) is 0 Å². The number of amidine groups is 1. The summed E-state index contributed by atoms with van der Waals surface area (Å²) in [6, 6.07) is 0. The van der Waals surface area contributed by atoms with Crippen LogP contribution >= 0.6 is 0 Å². The van der Waals surface area contributed by atoms with Gasteiger partial charge in [0, 0.05) is 0 Å². The first-order valence-electron chi connectivity index (χ1n) is 4.27. The van der Waals surface area contributed by atoms with E-state index in [-0.39, 0.29) is 16.6 Å². The quantitative estimate of drug-likeness (QED) is 0.164. The van der Waals surface area contributed by atoms with Crippen molar-refractivity contribution in [2.75, 3.05) is 0 Å². The summed E-state index contributed by atoms with van der Waals surface area (Å²) in [4.78, 5) is 25.8. The summed E-state index contributed by atoms with van der Waals surface area (Å²) in [6.45, 7) is 0. The molecule has 0 aromatic heterocycles. The zero-order valence-electron chi connectivity index (χ0n) is 8.31. The average Bonchev–Trinajstić information content (AvgIpc) is 2.65. The molecule has 2 aliphatic rings. The lowest BCUT2D eigenvalue weighted by atomic mass is 10.1. The van der Waals surface area contributed by atoms with Crippen LogP contribution < -0.4 is 11.5 Å². The second-order valence-electron chi connectivity index (χ2n) is 3.08. The number of hydrazine groups is 1. The van der Waals surface area contributed by atoms with Crippen LogP contribution in [0.5, 0.6) is 0 Å². The molecular weight excluding hydrogens is 230 g/mol. The van der Waals surface area contributed by atoms with E-state index in [0.717, 1.165) is 12.7 Å². The van der Waals surface area contributed by atoms with Crippen molar-refractivity contribution in [3.8, 4) is 0 Å². The van der Waals surface area contributed by atoms with Crippen molar-refractivity contribution in [1.82, 2.24) is 5.01 Å². The Morgan fingerprint density at radius 2 is 2.24 bits per heavy atom. The van der Waals surface area contributed by atoms with Gasteiger partial charge in [0.25, 0.3) is 11.7 Å². The Morgan fingerprint density at radius 3 is 2.82 bits per heavy atom. The monoisotopic (exact) mass is 237 g/mol. The number of hydrogen-bond donors (Lipinski definition) is 3. The molecule has 0 fully saturated rings. The Bertz CT molecular complexity index is 504. The highest BCUT2D eigenvalue weighted by Gasteiger charge is 2.51. The molecule has 17 heavy (non-hydrogen) atoms. The minimum atomic E-state index is -2.01. The molecule has 1 unspecified atom stereocenters. The van der Waals surface area contributed by atoms with Crippen LogP contribution in [0.2, 0.25) is 0 Å². The predicted octanol–water partition coefficient (Wildman–Crippen LogP) is -2.09. The number of fused-ring (bicyclic) bond motifs is 1. The molecule has 11 heteroatoms. The van der Waals surface area contributed by atoms with Crippen molar-refractivity contribution in [2.24, 2.45) is 31.4 Å². The standard InChI is InChI=1S/C6H7N9O2/c7-5(8)14(15(16)17)6(9)3-4(11-1-10-3)12-2-13-6/h1-2H,9H2,(H3,7,8). The molecule has 2 rings (SSSR count). The van der Waals surface area contributed by atoms with Gasteiger partial charge in [-0.15, -0.1) is 0 Å². The fourth-order valence-corrected chi connectivity index (χ4v) is 1.40. The third-order valence-corrected chi connectivity index (χ3v) is 2.08. The molecule has 0 bridgehead atoms. The Balaban J connectivity index is 2.50. The fourth-order valence-electron chi connectivity index (χ4n) is 1.40. The van der Waals surface area contributed by atoms with E-state index in [0.29, 0.717) is 0 Å². The highest BCUT2D eigenvalue weighted by atomic mass is 16.7. The number of nitrogens with zero attached hydrogens (tertiary/aromatic N) is 6. The highest BCUT2D eigenvalue weighted by molar-refractivity contribution is 6.50. The molecule has 2 aliphatic heterocycles. The maximum atomic E-state index is 10.9. The van der Waals surface area contributed by atoms with Crippen molar-refractivity contribution < 1.29 is 5.03 Å². The molecule has 88 valence electrons. The number of hydrogen-bond acceptors (Lipinski definition) is 8. The molecule has 11 nitrogen and oxygen atoms in total. The Morgan fingerprint density at radius 1 is 1.53 bits per heavy atom. The normalized spacial score (nSPS) is 25.0. The van der Waals surface area contributed by atoms with Gasteiger partial charge in [-0.3, -0.25) is 11.1 Å². The van der Waals surface area contributed by atoms with Crippen LogP contribution in [0, 0.1) is 15.5 Å². The van der Waals surface area contributed by atoms with Gasteiger partial charge in [0.15, 0.2) is 16.6 Å². The number of aliphatic imine (C=N–C) groups is 4. The van der Waals surface area contributed by atoms with E-state index in [2.05, 4.69) is 20.0 Å². The topological polar surface area (TPSA) is 172 Å². The molecule has 0 amide bonds.